The maximum Gasteiger partial charge on any atom is 0.171 e. The summed E-state index contributed by atoms with van der Waals surface area (Å²) < 4.78 is 0. The van der Waals surface area contributed by atoms with Crippen LogP contribution in [0.4, 0.5) is 0 Å². The van der Waals surface area contributed by atoms with Crippen LogP contribution in [0.3, 0.4) is 0 Å². The van der Waals surface area contributed by atoms with Gasteiger partial charge in [0.1, 0.15) is 6.54 Å². The van der Waals surface area contributed by atoms with Crippen molar-refractivity contribution in [3.05, 3.63) is 5.82 Å². The molecular weight excluding hydrogens is 388 g/mol. The zero-order valence-corrected chi connectivity index (χ0v) is 20.0. The van der Waals surface area contributed by atoms with E-state index < -0.39 is 5.60 Å². The first kappa shape index (κ1) is 21.5. The van der Waals surface area contributed by atoms with Crippen LogP contribution in [0.25, 0.3) is 0 Å². The predicted octanol–water partition coefficient (Wildman–Crippen LogP) is 4.21. The smallest absolute Gasteiger partial charge is 0.171 e. The fourth-order valence-corrected chi connectivity index (χ4v) is 8.98. The van der Waals surface area contributed by atoms with Gasteiger partial charge in [-0.15, -0.1) is 10.2 Å². The van der Waals surface area contributed by atoms with Crippen LogP contribution in [0, 0.1) is 53.3 Å². The molecule has 1 heterocycles. The molecule has 0 aliphatic heterocycles. The first-order chi connectivity index (χ1) is 14.5. The van der Waals surface area contributed by atoms with E-state index in [1.54, 1.807) is 0 Å². The molecule has 0 unspecified atom stereocenters. The van der Waals surface area contributed by atoms with Gasteiger partial charge >= 0.3 is 0 Å². The highest BCUT2D eigenvalue weighted by molar-refractivity contribution is 5.82. The third kappa shape index (κ3) is 3.30. The molecule has 0 bridgehead atoms. The Hall–Kier alpha value is -1.30. The Morgan fingerprint density at radius 2 is 1.84 bits per heavy atom. The Labute approximate surface area is 186 Å². The van der Waals surface area contributed by atoms with Crippen molar-refractivity contribution in [2.24, 2.45) is 46.3 Å². The summed E-state index contributed by atoms with van der Waals surface area (Å²) in [6.45, 7) is 11.5. The lowest BCUT2D eigenvalue weighted by Crippen LogP contribution is -2.58. The Balaban J connectivity index is 1.38. The summed E-state index contributed by atoms with van der Waals surface area (Å²) in [4.78, 5) is 14.8. The molecule has 6 nitrogen and oxygen atoms in total. The van der Waals surface area contributed by atoms with Gasteiger partial charge in [-0.1, -0.05) is 20.8 Å². The number of hydrogen-bond acceptors (Lipinski definition) is 5. The van der Waals surface area contributed by atoms with Gasteiger partial charge in [0, 0.05) is 5.92 Å². The maximum absolute atomic E-state index is 13.3. The molecule has 0 amide bonds. The van der Waals surface area contributed by atoms with Crippen LogP contribution in [0.5, 0.6) is 0 Å². The quantitative estimate of drug-likeness (QED) is 0.780. The second-order valence-corrected chi connectivity index (χ2v) is 12.4. The summed E-state index contributed by atoms with van der Waals surface area (Å²) in [5, 5.41) is 23.0. The van der Waals surface area contributed by atoms with Crippen molar-refractivity contribution in [3.63, 3.8) is 0 Å². The number of Topliss-reactive ketones (excluding diaryl/α,β-unsaturated/α-hetero) is 1. The van der Waals surface area contributed by atoms with Crippen LogP contribution in [0.15, 0.2) is 0 Å². The van der Waals surface area contributed by atoms with Crippen molar-refractivity contribution in [3.8, 4) is 0 Å². The Morgan fingerprint density at radius 1 is 1.10 bits per heavy atom. The zero-order chi connectivity index (χ0) is 22.2. The molecule has 172 valence electrons. The van der Waals surface area contributed by atoms with Crippen molar-refractivity contribution in [1.29, 1.82) is 0 Å². The number of aromatic nitrogens is 4. The molecule has 4 fully saturated rings. The minimum atomic E-state index is -0.488. The Morgan fingerprint density at radius 3 is 2.55 bits per heavy atom. The summed E-state index contributed by atoms with van der Waals surface area (Å²) >= 11 is 0. The molecule has 1 aromatic heterocycles. The second kappa shape index (κ2) is 7.10. The van der Waals surface area contributed by atoms with Crippen LogP contribution < -0.4 is 0 Å². The molecule has 6 heteroatoms. The molecule has 5 rings (SSSR count). The Kier molecular flexibility index (Phi) is 4.93. The van der Waals surface area contributed by atoms with Crippen molar-refractivity contribution < 1.29 is 9.90 Å². The van der Waals surface area contributed by atoms with Gasteiger partial charge in [-0.2, -0.15) is 4.80 Å². The van der Waals surface area contributed by atoms with Crippen molar-refractivity contribution >= 4 is 5.78 Å². The van der Waals surface area contributed by atoms with E-state index >= 15 is 0 Å². The molecule has 1 aromatic rings. The molecular formula is C25H40N4O2. The maximum atomic E-state index is 13.3. The monoisotopic (exact) mass is 428 g/mol. The first-order valence-electron chi connectivity index (χ1n) is 12.5. The zero-order valence-electron chi connectivity index (χ0n) is 20.0. The van der Waals surface area contributed by atoms with Gasteiger partial charge in [0.2, 0.25) is 0 Å². The molecule has 0 saturated heterocycles. The highest BCUT2D eigenvalue weighted by atomic mass is 16.3. The number of rotatable bonds is 3. The number of tetrazole rings is 1. The van der Waals surface area contributed by atoms with Crippen LogP contribution >= 0.6 is 0 Å². The lowest BCUT2D eigenvalue weighted by molar-refractivity contribution is -0.166. The normalized spacial score (nSPS) is 49.2. The third-order valence-electron chi connectivity index (χ3n) is 10.6. The molecule has 4 aliphatic carbocycles. The minimum Gasteiger partial charge on any atom is -0.390 e. The second-order valence-electron chi connectivity index (χ2n) is 12.4. The van der Waals surface area contributed by atoms with E-state index in [0.717, 1.165) is 38.0 Å². The highest BCUT2D eigenvalue weighted by Crippen LogP contribution is 2.69. The Bertz CT molecular complexity index is 865. The number of carbonyl (C=O) groups is 1. The molecule has 0 aromatic carbocycles. The van der Waals surface area contributed by atoms with Crippen LogP contribution in [-0.4, -0.2) is 36.7 Å². The van der Waals surface area contributed by atoms with E-state index in [1.807, 2.05) is 13.8 Å². The predicted molar refractivity (Wildman–Crippen MR) is 118 cm³/mol. The summed E-state index contributed by atoms with van der Waals surface area (Å²) in [6.07, 6.45) is 8.88. The largest absolute Gasteiger partial charge is 0.390 e. The van der Waals surface area contributed by atoms with Crippen molar-refractivity contribution in [2.75, 3.05) is 0 Å². The number of aliphatic hydroxyl groups is 1. The van der Waals surface area contributed by atoms with Gasteiger partial charge in [-0.25, -0.2) is 0 Å². The number of fused-ring (bicyclic) bond motifs is 5. The summed E-state index contributed by atoms with van der Waals surface area (Å²) in [5.74, 6) is 4.44. The van der Waals surface area contributed by atoms with Crippen molar-refractivity contribution in [1.82, 2.24) is 20.2 Å². The fourth-order valence-electron chi connectivity index (χ4n) is 8.98. The fraction of sp³-hybridized carbons (Fsp3) is 0.920. The van der Waals surface area contributed by atoms with E-state index in [-0.39, 0.29) is 17.9 Å². The number of hydrogen-bond donors (Lipinski definition) is 1. The van der Waals surface area contributed by atoms with Gasteiger partial charge in [-0.3, -0.25) is 4.79 Å². The SMILES string of the molecule is Cc1nnn(CC(=O)[C@H]2CC[C@H]3[C@@H]4[C@@H](C)C[C@H]5C[C@](C)(O)CC[C@]5(C)[C@H]4CC[C@]23C)n1. The number of ketones is 1. The van der Waals surface area contributed by atoms with E-state index in [2.05, 4.69) is 36.2 Å². The molecule has 31 heavy (non-hydrogen) atoms. The van der Waals surface area contributed by atoms with E-state index in [1.165, 1.54) is 24.1 Å². The molecule has 0 spiro atoms. The van der Waals surface area contributed by atoms with Gasteiger partial charge in [-0.05, 0) is 111 Å². The first-order valence-corrected chi connectivity index (χ1v) is 12.5. The summed E-state index contributed by atoms with van der Waals surface area (Å²) in [7, 11) is 0. The average molecular weight is 429 g/mol. The molecule has 1 N–H and O–H groups in total. The lowest BCUT2D eigenvalue weighted by atomic mass is 9.42. The number of nitrogens with zero attached hydrogens (tertiary/aromatic N) is 4. The third-order valence-corrected chi connectivity index (χ3v) is 10.6. The van der Waals surface area contributed by atoms with E-state index in [9.17, 15) is 9.90 Å². The molecule has 9 atom stereocenters. The van der Waals surface area contributed by atoms with Gasteiger partial charge in [0.05, 0.1) is 5.60 Å². The number of aryl methyl sites for hydroxylation is 1. The molecule has 4 aliphatic rings. The van der Waals surface area contributed by atoms with E-state index in [0.29, 0.717) is 40.7 Å². The summed E-state index contributed by atoms with van der Waals surface area (Å²) in [6, 6.07) is 0. The average Bonchev–Trinajstić information content (AvgIpc) is 3.25. The standard InChI is InChI=1S/C25H40N4O2/c1-15-12-17-13-23(3,31)10-11-24(17,4)20-8-9-25(5)18(6-7-19(25)22(15)20)21(30)14-29-27-16(2)26-28-29/h15,17-20,22,31H,6-14H2,1-5H3/t15-,17-,18+,19-,20-,22-,23+,24-,25+/m0/s1. The van der Waals surface area contributed by atoms with Gasteiger partial charge < -0.3 is 5.11 Å². The molecule has 0 radical (unpaired) electrons. The van der Waals surface area contributed by atoms with Crippen molar-refractivity contribution in [2.45, 2.75) is 98.1 Å². The van der Waals surface area contributed by atoms with Crippen LogP contribution in [-0.2, 0) is 11.3 Å². The summed E-state index contributed by atoms with van der Waals surface area (Å²) in [5.41, 5.74) is -0.0327. The van der Waals surface area contributed by atoms with E-state index in [4.69, 9.17) is 0 Å². The lowest BCUT2D eigenvalue weighted by Gasteiger charge is -2.63. The van der Waals surface area contributed by atoms with Crippen LogP contribution in [0.1, 0.15) is 84.9 Å². The van der Waals surface area contributed by atoms with Crippen LogP contribution in [0.2, 0.25) is 0 Å². The van der Waals surface area contributed by atoms with Gasteiger partial charge in [0.15, 0.2) is 11.6 Å². The molecule has 4 saturated carbocycles. The van der Waals surface area contributed by atoms with Gasteiger partial charge in [0.25, 0.3) is 0 Å². The minimum absolute atomic E-state index is 0.103. The topological polar surface area (TPSA) is 80.9 Å². The number of carbonyl (C=O) groups excluding carboxylic acids is 1. The highest BCUT2D eigenvalue weighted by Gasteiger charge is 2.63.